The Bertz CT molecular complexity index is 453. The van der Waals surface area contributed by atoms with Crippen LogP contribution in [0, 0.1) is 0 Å². The van der Waals surface area contributed by atoms with E-state index in [0.717, 1.165) is 5.82 Å². The summed E-state index contributed by atoms with van der Waals surface area (Å²) in [6, 6.07) is 0. The van der Waals surface area contributed by atoms with Gasteiger partial charge in [-0.1, -0.05) is 13.8 Å². The number of nitrogens with zero attached hydrogens (tertiary/aromatic N) is 3. The lowest BCUT2D eigenvalue weighted by molar-refractivity contribution is 0.521. The number of sulfonamides is 1. The maximum Gasteiger partial charge on any atom is 0.215 e. The predicted octanol–water partition coefficient (Wildman–Crippen LogP) is 0.965. The molecule has 0 bridgehead atoms. The molecule has 17 heavy (non-hydrogen) atoms. The Morgan fingerprint density at radius 3 is 2.53 bits per heavy atom. The molecule has 1 heterocycles. The molecule has 6 nitrogen and oxygen atoms in total. The largest absolute Gasteiger partial charge is 0.359 e. The summed E-state index contributed by atoms with van der Waals surface area (Å²) in [5.74, 6) is 1.12. The quantitative estimate of drug-likeness (QED) is 0.839. The predicted molar refractivity (Wildman–Crippen MR) is 70.0 cm³/mol. The number of rotatable bonds is 6. The van der Waals surface area contributed by atoms with Crippen molar-refractivity contribution in [2.24, 2.45) is 0 Å². The third-order valence-electron chi connectivity index (χ3n) is 2.15. The van der Waals surface area contributed by atoms with Crippen molar-refractivity contribution in [2.75, 3.05) is 31.7 Å². The van der Waals surface area contributed by atoms with Crippen molar-refractivity contribution in [1.82, 2.24) is 13.7 Å². The van der Waals surface area contributed by atoms with Crippen LogP contribution in [0.2, 0.25) is 0 Å². The number of anilines is 1. The second-order valence-electron chi connectivity index (χ2n) is 4.14. The van der Waals surface area contributed by atoms with Gasteiger partial charge in [0.2, 0.25) is 15.2 Å². The van der Waals surface area contributed by atoms with E-state index in [-0.39, 0.29) is 11.7 Å². The molecule has 0 unspecified atom stereocenters. The normalized spacial score (nSPS) is 12.4. The molecule has 1 rings (SSSR count). The highest BCUT2D eigenvalue weighted by Gasteiger charge is 2.13. The van der Waals surface area contributed by atoms with Crippen LogP contribution in [-0.2, 0) is 10.0 Å². The highest BCUT2D eigenvalue weighted by atomic mass is 32.2. The summed E-state index contributed by atoms with van der Waals surface area (Å²) in [7, 11) is -0.101. The summed E-state index contributed by atoms with van der Waals surface area (Å²) in [6.07, 6.45) is 0. The average Bonchev–Trinajstić information content (AvgIpc) is 2.66. The Morgan fingerprint density at radius 1 is 1.41 bits per heavy atom. The van der Waals surface area contributed by atoms with Gasteiger partial charge in [0.05, 0.1) is 5.75 Å². The highest BCUT2D eigenvalue weighted by Crippen LogP contribution is 2.16. The summed E-state index contributed by atoms with van der Waals surface area (Å²) in [6.45, 7) is 4.37. The molecule has 0 saturated carbocycles. The van der Waals surface area contributed by atoms with E-state index in [2.05, 4.69) is 14.7 Å². The fourth-order valence-electron chi connectivity index (χ4n) is 1.01. The lowest BCUT2D eigenvalue weighted by Crippen LogP contribution is -2.28. The fourth-order valence-corrected chi connectivity index (χ4v) is 2.47. The van der Waals surface area contributed by atoms with Gasteiger partial charge in [0.25, 0.3) is 0 Å². The van der Waals surface area contributed by atoms with Crippen molar-refractivity contribution < 1.29 is 8.42 Å². The van der Waals surface area contributed by atoms with Gasteiger partial charge in [0, 0.05) is 38.1 Å². The van der Waals surface area contributed by atoms with Gasteiger partial charge in [0.1, 0.15) is 5.82 Å². The van der Waals surface area contributed by atoms with Crippen molar-refractivity contribution in [3.63, 3.8) is 0 Å². The molecule has 1 aromatic heterocycles. The Labute approximate surface area is 106 Å². The lowest BCUT2D eigenvalue weighted by atomic mass is 10.2. The molecule has 98 valence electrons. The number of hydrogen-bond donors (Lipinski definition) is 1. The summed E-state index contributed by atoms with van der Waals surface area (Å²) in [5, 5.41) is 3.64. The summed E-state index contributed by atoms with van der Waals surface area (Å²) in [4.78, 5) is 4.26. The maximum absolute atomic E-state index is 11.5. The van der Waals surface area contributed by atoms with Gasteiger partial charge < -0.3 is 5.32 Å². The molecule has 0 amide bonds. The van der Waals surface area contributed by atoms with E-state index in [0.29, 0.717) is 11.7 Å². The second kappa shape index (κ2) is 5.74. The van der Waals surface area contributed by atoms with Crippen LogP contribution in [0.5, 0.6) is 0 Å². The van der Waals surface area contributed by atoms with Crippen molar-refractivity contribution in [3.05, 3.63) is 5.82 Å². The van der Waals surface area contributed by atoms with Crippen LogP contribution in [-0.4, -0.2) is 48.5 Å². The Balaban J connectivity index is 2.46. The molecule has 1 N–H and O–H groups in total. The van der Waals surface area contributed by atoms with E-state index in [1.807, 2.05) is 13.8 Å². The summed E-state index contributed by atoms with van der Waals surface area (Å²) < 4.78 is 28.4. The lowest BCUT2D eigenvalue weighted by Gasteiger charge is -2.10. The average molecular weight is 278 g/mol. The van der Waals surface area contributed by atoms with Crippen LogP contribution in [0.25, 0.3) is 0 Å². The van der Waals surface area contributed by atoms with Crippen LogP contribution in [0.4, 0.5) is 5.13 Å². The number of hydrogen-bond acceptors (Lipinski definition) is 6. The first kappa shape index (κ1) is 14.3. The molecular formula is C9H18N4O2S2. The molecule has 0 atom stereocenters. The Morgan fingerprint density at radius 2 is 2.06 bits per heavy atom. The van der Waals surface area contributed by atoms with Gasteiger partial charge in [-0.15, -0.1) is 0 Å². The molecule has 1 aromatic rings. The van der Waals surface area contributed by atoms with E-state index in [1.165, 1.54) is 29.9 Å². The number of nitrogens with one attached hydrogen (secondary N) is 1. The van der Waals surface area contributed by atoms with Crippen LogP contribution in [0.3, 0.4) is 0 Å². The third-order valence-corrected chi connectivity index (χ3v) is 4.67. The zero-order chi connectivity index (χ0) is 13.1. The van der Waals surface area contributed by atoms with E-state index in [9.17, 15) is 8.42 Å². The first-order chi connectivity index (χ1) is 7.83. The van der Waals surface area contributed by atoms with Crippen LogP contribution in [0.1, 0.15) is 25.6 Å². The molecule has 0 fully saturated rings. The molecule has 0 radical (unpaired) electrons. The summed E-state index contributed by atoms with van der Waals surface area (Å²) >= 11 is 1.26. The zero-order valence-corrected chi connectivity index (χ0v) is 12.1. The smallest absolute Gasteiger partial charge is 0.215 e. The third kappa shape index (κ3) is 4.21. The standard InChI is InChI=1S/C9H18N4O2S2/c1-7(2)8-11-9(16-12-8)10-5-6-17(14,15)13(3)4/h7H,5-6H2,1-4H3,(H,10,11,12). The molecule has 0 aliphatic rings. The van der Waals surface area contributed by atoms with E-state index >= 15 is 0 Å². The first-order valence-electron chi connectivity index (χ1n) is 5.30. The molecule has 0 aliphatic heterocycles. The zero-order valence-electron chi connectivity index (χ0n) is 10.5. The van der Waals surface area contributed by atoms with Crippen molar-refractivity contribution in [3.8, 4) is 0 Å². The minimum atomic E-state index is -3.15. The molecular weight excluding hydrogens is 260 g/mol. The van der Waals surface area contributed by atoms with E-state index in [1.54, 1.807) is 0 Å². The summed E-state index contributed by atoms with van der Waals surface area (Å²) in [5.41, 5.74) is 0. The monoisotopic (exact) mass is 278 g/mol. The van der Waals surface area contributed by atoms with Crippen LogP contribution >= 0.6 is 11.5 Å². The minimum absolute atomic E-state index is 0.0522. The van der Waals surface area contributed by atoms with Crippen molar-refractivity contribution in [2.45, 2.75) is 19.8 Å². The minimum Gasteiger partial charge on any atom is -0.359 e. The van der Waals surface area contributed by atoms with Crippen LogP contribution < -0.4 is 5.32 Å². The Kier molecular flexibility index (Phi) is 4.84. The number of aromatic nitrogens is 2. The molecule has 0 spiro atoms. The van der Waals surface area contributed by atoms with Crippen LogP contribution in [0.15, 0.2) is 0 Å². The molecule has 0 saturated heterocycles. The van der Waals surface area contributed by atoms with Gasteiger partial charge in [0.15, 0.2) is 0 Å². The van der Waals surface area contributed by atoms with E-state index in [4.69, 9.17) is 0 Å². The van der Waals surface area contributed by atoms with Gasteiger partial charge in [-0.25, -0.2) is 17.7 Å². The van der Waals surface area contributed by atoms with Crippen molar-refractivity contribution in [1.29, 1.82) is 0 Å². The van der Waals surface area contributed by atoms with Gasteiger partial charge in [-0.2, -0.15) is 4.37 Å². The van der Waals surface area contributed by atoms with Gasteiger partial charge >= 0.3 is 0 Å². The van der Waals surface area contributed by atoms with Crippen molar-refractivity contribution >= 4 is 26.7 Å². The molecule has 8 heteroatoms. The van der Waals surface area contributed by atoms with Gasteiger partial charge in [-0.05, 0) is 0 Å². The Hall–Kier alpha value is -0.730. The molecule has 0 aromatic carbocycles. The first-order valence-corrected chi connectivity index (χ1v) is 7.69. The second-order valence-corrected chi connectivity index (χ2v) is 7.19. The SMILES string of the molecule is CC(C)c1nsc(NCCS(=O)(=O)N(C)C)n1. The maximum atomic E-state index is 11.5. The molecule has 0 aliphatic carbocycles. The topological polar surface area (TPSA) is 75.2 Å². The van der Waals surface area contributed by atoms with E-state index < -0.39 is 10.0 Å². The fraction of sp³-hybridized carbons (Fsp3) is 0.778. The highest BCUT2D eigenvalue weighted by molar-refractivity contribution is 7.89. The van der Waals surface area contributed by atoms with Gasteiger partial charge in [-0.3, -0.25) is 0 Å².